The van der Waals surface area contributed by atoms with Gasteiger partial charge in [0, 0.05) is 38.3 Å². The van der Waals surface area contributed by atoms with Crippen molar-refractivity contribution in [2.75, 3.05) is 57.9 Å². The molecule has 4 N–H and O–H groups in total. The zero-order valence-electron chi connectivity index (χ0n) is 19.6. The molecule has 0 bridgehead atoms. The molecule has 1 aromatic carbocycles. The lowest BCUT2D eigenvalue weighted by molar-refractivity contribution is -0.136. The van der Waals surface area contributed by atoms with Gasteiger partial charge in [-0.05, 0) is 18.6 Å². The zero-order valence-corrected chi connectivity index (χ0v) is 20.4. The molecular formula is C22H29N5O8S. The van der Waals surface area contributed by atoms with Crippen molar-refractivity contribution in [2.24, 2.45) is 0 Å². The molecular weight excluding hydrogens is 494 g/mol. The summed E-state index contributed by atoms with van der Waals surface area (Å²) < 4.78 is 37.1. The van der Waals surface area contributed by atoms with Crippen LogP contribution in [0.3, 0.4) is 0 Å². The van der Waals surface area contributed by atoms with Gasteiger partial charge in [-0.25, -0.2) is 13.1 Å². The Morgan fingerprint density at radius 3 is 2.36 bits per heavy atom. The summed E-state index contributed by atoms with van der Waals surface area (Å²) in [5.41, 5.74) is 0.846. The van der Waals surface area contributed by atoms with Crippen LogP contribution in [-0.2, 0) is 29.1 Å². The number of carbonyl (C=O) groups excluding carboxylic acids is 4. The normalized spacial score (nSPS) is 20.3. The third kappa shape index (κ3) is 5.73. The van der Waals surface area contributed by atoms with E-state index in [9.17, 15) is 27.6 Å². The van der Waals surface area contributed by atoms with Crippen molar-refractivity contribution in [1.29, 1.82) is 0 Å². The Labute approximate surface area is 208 Å². The van der Waals surface area contributed by atoms with Crippen LogP contribution in [0.2, 0.25) is 0 Å². The topological polar surface area (TPSA) is 172 Å². The fourth-order valence-corrected chi connectivity index (χ4v) is 5.38. The summed E-state index contributed by atoms with van der Waals surface area (Å²) in [4.78, 5) is 50.4. The molecule has 4 rings (SSSR count). The monoisotopic (exact) mass is 523 g/mol. The van der Waals surface area contributed by atoms with Crippen molar-refractivity contribution in [2.45, 2.75) is 24.1 Å². The molecule has 3 heterocycles. The number of ether oxygens (including phenoxy) is 2. The first-order chi connectivity index (χ1) is 17.3. The Morgan fingerprint density at radius 1 is 0.972 bits per heavy atom. The minimum Gasteiger partial charge on any atom is -0.382 e. The summed E-state index contributed by atoms with van der Waals surface area (Å²) in [5, 5.41) is 7.80. The highest BCUT2D eigenvalue weighted by Crippen LogP contribution is 2.32. The highest BCUT2D eigenvalue weighted by molar-refractivity contribution is 7.90. The minimum atomic E-state index is -3.29. The molecule has 0 spiro atoms. The molecule has 1 unspecified atom stereocenters. The third-order valence-corrected chi connectivity index (χ3v) is 7.95. The largest absolute Gasteiger partial charge is 0.382 e. The van der Waals surface area contributed by atoms with Gasteiger partial charge in [-0.15, -0.1) is 0 Å². The molecule has 3 aliphatic rings. The number of sulfonamides is 1. The lowest BCUT2D eigenvalue weighted by atomic mass is 10.0. The van der Waals surface area contributed by atoms with Gasteiger partial charge in [0.15, 0.2) is 0 Å². The van der Waals surface area contributed by atoms with Crippen LogP contribution in [0.15, 0.2) is 18.2 Å². The number of nitrogens with one attached hydrogen (secondary N) is 4. The van der Waals surface area contributed by atoms with E-state index in [1.165, 1.54) is 6.07 Å². The van der Waals surface area contributed by atoms with Gasteiger partial charge in [0.1, 0.15) is 11.3 Å². The quantitative estimate of drug-likeness (QED) is 0.175. The predicted molar refractivity (Wildman–Crippen MR) is 127 cm³/mol. The summed E-state index contributed by atoms with van der Waals surface area (Å²) in [6.45, 7) is 2.60. The molecule has 2 saturated heterocycles. The number of fused-ring (bicyclic) bond motifs is 1. The van der Waals surface area contributed by atoms with Crippen molar-refractivity contribution in [1.82, 2.24) is 20.3 Å². The second kappa shape index (κ2) is 11.4. The number of hydrogen-bond donors (Lipinski definition) is 4. The first-order valence-corrected chi connectivity index (χ1v) is 13.3. The molecule has 1 aromatic rings. The smallest absolute Gasteiger partial charge is 0.264 e. The van der Waals surface area contributed by atoms with E-state index in [1.807, 2.05) is 0 Å². The maximum atomic E-state index is 13.0. The average Bonchev–Trinajstić information content (AvgIpc) is 3.04. The molecule has 36 heavy (non-hydrogen) atoms. The number of piperidine rings is 1. The summed E-state index contributed by atoms with van der Waals surface area (Å²) in [7, 11) is -3.29. The van der Waals surface area contributed by atoms with E-state index in [0.717, 1.165) is 4.90 Å². The summed E-state index contributed by atoms with van der Waals surface area (Å²) >= 11 is 0. The van der Waals surface area contributed by atoms with Crippen LogP contribution in [0.25, 0.3) is 0 Å². The molecule has 13 nitrogen and oxygen atoms in total. The minimum absolute atomic E-state index is 0.0593. The Bertz CT molecular complexity index is 1140. The van der Waals surface area contributed by atoms with Gasteiger partial charge in [-0.3, -0.25) is 29.4 Å². The molecule has 0 aromatic heterocycles. The van der Waals surface area contributed by atoms with Crippen LogP contribution in [-0.4, -0.2) is 101 Å². The van der Waals surface area contributed by atoms with Gasteiger partial charge >= 0.3 is 0 Å². The Hall–Kier alpha value is -2.91. The number of carbonyl (C=O) groups is 4. The van der Waals surface area contributed by atoms with E-state index in [2.05, 4.69) is 20.7 Å². The zero-order chi connectivity index (χ0) is 25.7. The number of rotatable bonds is 13. The lowest BCUT2D eigenvalue weighted by Crippen LogP contribution is -2.55. The van der Waals surface area contributed by atoms with Crippen LogP contribution < -0.4 is 20.7 Å². The maximum Gasteiger partial charge on any atom is 0.264 e. The van der Waals surface area contributed by atoms with E-state index in [1.54, 1.807) is 12.1 Å². The standard InChI is InChI=1S/C22H29N5O8S/c28-18-5-4-17(20(29)26-18)27-21(30)15-2-1-3-16(19(15)22(27)31)24-6-8-34-10-11-35-9-7-25-36(32,33)14-12-23-13-14/h1-3,14,17,23-25H,4-13H2,(H,26,28,29). The molecule has 0 aliphatic carbocycles. The average molecular weight is 524 g/mol. The van der Waals surface area contributed by atoms with Gasteiger partial charge in [-0.2, -0.15) is 0 Å². The van der Waals surface area contributed by atoms with Crippen LogP contribution in [0.4, 0.5) is 5.69 Å². The van der Waals surface area contributed by atoms with Crippen molar-refractivity contribution >= 4 is 39.3 Å². The van der Waals surface area contributed by atoms with E-state index in [0.29, 0.717) is 45.1 Å². The second-order valence-electron chi connectivity index (χ2n) is 8.55. The molecule has 2 fully saturated rings. The highest BCUT2D eigenvalue weighted by Gasteiger charge is 2.45. The molecule has 14 heteroatoms. The number of nitrogens with zero attached hydrogens (tertiary/aromatic N) is 1. The number of benzene rings is 1. The number of anilines is 1. The van der Waals surface area contributed by atoms with Crippen molar-refractivity contribution in [3.05, 3.63) is 29.3 Å². The molecule has 4 amide bonds. The number of hydrogen-bond acceptors (Lipinski definition) is 10. The Kier molecular flexibility index (Phi) is 8.31. The molecule has 0 radical (unpaired) electrons. The van der Waals surface area contributed by atoms with Crippen LogP contribution in [0, 0.1) is 0 Å². The van der Waals surface area contributed by atoms with Crippen LogP contribution in [0.1, 0.15) is 33.6 Å². The summed E-state index contributed by atoms with van der Waals surface area (Å²) in [6.07, 6.45) is 0.155. The fourth-order valence-electron chi connectivity index (χ4n) is 4.10. The van der Waals surface area contributed by atoms with Crippen molar-refractivity contribution < 1.29 is 37.1 Å². The first kappa shape index (κ1) is 26.2. The Morgan fingerprint density at radius 2 is 1.69 bits per heavy atom. The molecule has 196 valence electrons. The molecule has 0 saturated carbocycles. The first-order valence-electron chi connectivity index (χ1n) is 11.7. The highest BCUT2D eigenvalue weighted by atomic mass is 32.2. The van der Waals surface area contributed by atoms with E-state index >= 15 is 0 Å². The van der Waals surface area contributed by atoms with E-state index < -0.39 is 39.7 Å². The fraction of sp³-hybridized carbons (Fsp3) is 0.545. The number of amides is 4. The van der Waals surface area contributed by atoms with Gasteiger partial charge in [-0.1, -0.05) is 6.07 Å². The van der Waals surface area contributed by atoms with Gasteiger partial charge < -0.3 is 20.1 Å². The second-order valence-corrected chi connectivity index (χ2v) is 10.6. The molecule has 1 atom stereocenters. The third-order valence-electron chi connectivity index (χ3n) is 6.13. The lowest BCUT2D eigenvalue weighted by Gasteiger charge is -2.27. The van der Waals surface area contributed by atoms with Crippen molar-refractivity contribution in [3.8, 4) is 0 Å². The van der Waals surface area contributed by atoms with Gasteiger partial charge in [0.25, 0.3) is 11.8 Å². The van der Waals surface area contributed by atoms with Gasteiger partial charge in [0.05, 0.1) is 37.6 Å². The van der Waals surface area contributed by atoms with E-state index in [-0.39, 0.29) is 42.4 Å². The Balaban J connectivity index is 1.17. The van der Waals surface area contributed by atoms with Crippen molar-refractivity contribution in [3.63, 3.8) is 0 Å². The van der Waals surface area contributed by atoms with Gasteiger partial charge in [0.2, 0.25) is 21.8 Å². The predicted octanol–water partition coefficient (Wildman–Crippen LogP) is -1.58. The SMILES string of the molecule is O=C1CCC(N2C(=O)c3cccc(NCCOCCOCCNS(=O)(=O)C4CNC4)c3C2=O)C(=O)N1. The number of imide groups is 2. The van der Waals surface area contributed by atoms with Crippen LogP contribution >= 0.6 is 0 Å². The van der Waals surface area contributed by atoms with Crippen LogP contribution in [0.5, 0.6) is 0 Å². The summed E-state index contributed by atoms with van der Waals surface area (Å²) in [6, 6.07) is 3.83. The maximum absolute atomic E-state index is 13.0. The summed E-state index contributed by atoms with van der Waals surface area (Å²) in [5.74, 6) is -2.22. The van der Waals surface area contributed by atoms with E-state index in [4.69, 9.17) is 9.47 Å². The molecule has 3 aliphatic heterocycles.